The van der Waals surface area contributed by atoms with Crippen LogP contribution in [0.3, 0.4) is 0 Å². The van der Waals surface area contributed by atoms with Crippen LogP contribution in [0, 0.1) is 11.8 Å². The van der Waals surface area contributed by atoms with Crippen molar-refractivity contribution >= 4 is 0 Å². The molecule has 0 radical (unpaired) electrons. The maximum absolute atomic E-state index is 3.66. The Labute approximate surface area is 126 Å². The fourth-order valence-electron chi connectivity index (χ4n) is 3.94. The molecule has 2 rings (SSSR count). The predicted molar refractivity (Wildman–Crippen MR) is 87.1 cm³/mol. The highest BCUT2D eigenvalue weighted by atomic mass is 15.3. The lowest BCUT2D eigenvalue weighted by atomic mass is 9.78. The first-order valence-corrected chi connectivity index (χ1v) is 8.84. The van der Waals surface area contributed by atoms with E-state index in [0.29, 0.717) is 0 Å². The summed E-state index contributed by atoms with van der Waals surface area (Å²) in [6.45, 7) is 16.6. The molecule has 20 heavy (non-hydrogen) atoms. The summed E-state index contributed by atoms with van der Waals surface area (Å²) in [5, 5.41) is 3.66. The van der Waals surface area contributed by atoms with Gasteiger partial charge in [0.1, 0.15) is 0 Å². The summed E-state index contributed by atoms with van der Waals surface area (Å²) >= 11 is 0. The van der Waals surface area contributed by atoms with E-state index in [2.05, 4.69) is 42.8 Å². The molecule has 0 spiro atoms. The van der Waals surface area contributed by atoms with Gasteiger partial charge >= 0.3 is 0 Å². The van der Waals surface area contributed by atoms with Crippen LogP contribution in [0.4, 0.5) is 0 Å². The lowest BCUT2D eigenvalue weighted by molar-refractivity contribution is 0.0736. The van der Waals surface area contributed by atoms with Gasteiger partial charge < -0.3 is 5.32 Å². The molecule has 118 valence electrons. The van der Waals surface area contributed by atoms with Gasteiger partial charge in [0, 0.05) is 25.2 Å². The smallest absolute Gasteiger partial charge is 0.0235 e. The van der Waals surface area contributed by atoms with E-state index >= 15 is 0 Å². The standard InChI is InChI=1S/C17H35N3/c1-5-19(6-2)16-9-10-20(13-16)17-8-7-15(17)12-18-11-14(3)4/h14-18H,5-13H2,1-4H3. The normalized spacial score (nSPS) is 31.2. The molecule has 1 aliphatic carbocycles. The molecule has 0 aromatic heterocycles. The van der Waals surface area contributed by atoms with Crippen molar-refractivity contribution in [3.05, 3.63) is 0 Å². The molecule has 2 aliphatic rings. The van der Waals surface area contributed by atoms with Gasteiger partial charge in [-0.15, -0.1) is 0 Å². The minimum Gasteiger partial charge on any atom is -0.316 e. The van der Waals surface area contributed by atoms with Crippen LogP contribution >= 0.6 is 0 Å². The number of likely N-dealkylation sites (tertiary alicyclic amines) is 1. The molecule has 3 heteroatoms. The first-order valence-electron chi connectivity index (χ1n) is 8.84. The van der Waals surface area contributed by atoms with Gasteiger partial charge in [-0.25, -0.2) is 0 Å². The first-order chi connectivity index (χ1) is 9.65. The van der Waals surface area contributed by atoms with Crippen molar-refractivity contribution in [2.45, 2.75) is 59.0 Å². The minimum absolute atomic E-state index is 0.771. The average Bonchev–Trinajstić information content (AvgIpc) is 2.83. The van der Waals surface area contributed by atoms with E-state index in [4.69, 9.17) is 0 Å². The molecule has 1 heterocycles. The van der Waals surface area contributed by atoms with Crippen LogP contribution < -0.4 is 5.32 Å². The van der Waals surface area contributed by atoms with E-state index in [9.17, 15) is 0 Å². The lowest BCUT2D eigenvalue weighted by Gasteiger charge is -2.43. The molecule has 3 unspecified atom stereocenters. The van der Waals surface area contributed by atoms with Gasteiger partial charge in [-0.05, 0) is 57.3 Å². The van der Waals surface area contributed by atoms with E-state index in [1.54, 1.807) is 0 Å². The largest absolute Gasteiger partial charge is 0.316 e. The summed E-state index contributed by atoms with van der Waals surface area (Å²) in [5.74, 6) is 1.68. The van der Waals surface area contributed by atoms with Crippen LogP contribution in [0.1, 0.15) is 47.0 Å². The zero-order valence-corrected chi connectivity index (χ0v) is 14.1. The van der Waals surface area contributed by atoms with Gasteiger partial charge in [-0.1, -0.05) is 27.7 Å². The van der Waals surface area contributed by atoms with Crippen molar-refractivity contribution < 1.29 is 0 Å². The van der Waals surface area contributed by atoms with Gasteiger partial charge in [0.05, 0.1) is 0 Å². The molecule has 1 saturated carbocycles. The van der Waals surface area contributed by atoms with Crippen molar-refractivity contribution in [3.63, 3.8) is 0 Å². The Bertz CT molecular complexity index is 275. The second-order valence-electron chi connectivity index (χ2n) is 7.12. The van der Waals surface area contributed by atoms with E-state index in [0.717, 1.165) is 23.9 Å². The summed E-state index contributed by atoms with van der Waals surface area (Å²) in [7, 11) is 0. The van der Waals surface area contributed by atoms with Gasteiger partial charge in [0.15, 0.2) is 0 Å². The van der Waals surface area contributed by atoms with Crippen LogP contribution in [0.25, 0.3) is 0 Å². The molecule has 2 fully saturated rings. The molecule has 0 amide bonds. The quantitative estimate of drug-likeness (QED) is 0.737. The second-order valence-corrected chi connectivity index (χ2v) is 7.12. The zero-order valence-electron chi connectivity index (χ0n) is 14.1. The molecular formula is C17H35N3. The molecule has 0 bridgehead atoms. The Morgan fingerprint density at radius 1 is 1.15 bits per heavy atom. The van der Waals surface area contributed by atoms with Crippen LogP contribution in [0.15, 0.2) is 0 Å². The Balaban J connectivity index is 1.73. The number of nitrogens with zero attached hydrogens (tertiary/aromatic N) is 2. The van der Waals surface area contributed by atoms with E-state index in [1.165, 1.54) is 58.5 Å². The summed E-state index contributed by atoms with van der Waals surface area (Å²) in [6.07, 6.45) is 4.24. The molecule has 0 aromatic carbocycles. The molecular weight excluding hydrogens is 246 g/mol. The number of rotatable bonds is 8. The first kappa shape index (κ1) is 16.3. The van der Waals surface area contributed by atoms with Crippen LogP contribution in [-0.2, 0) is 0 Å². The van der Waals surface area contributed by atoms with Crippen LogP contribution in [0.2, 0.25) is 0 Å². The van der Waals surface area contributed by atoms with Crippen molar-refractivity contribution in [1.82, 2.24) is 15.1 Å². The Hall–Kier alpha value is -0.120. The summed E-state index contributed by atoms with van der Waals surface area (Å²) < 4.78 is 0. The highest BCUT2D eigenvalue weighted by Gasteiger charge is 2.39. The summed E-state index contributed by atoms with van der Waals surface area (Å²) in [6, 6.07) is 1.69. The topological polar surface area (TPSA) is 18.5 Å². The molecule has 1 aliphatic heterocycles. The predicted octanol–water partition coefficient (Wildman–Crippen LogP) is 2.43. The highest BCUT2D eigenvalue weighted by molar-refractivity contribution is 4.95. The zero-order chi connectivity index (χ0) is 14.5. The maximum Gasteiger partial charge on any atom is 0.0235 e. The fourth-order valence-corrected chi connectivity index (χ4v) is 3.94. The molecule has 1 saturated heterocycles. The van der Waals surface area contributed by atoms with Crippen molar-refractivity contribution in [2.75, 3.05) is 39.3 Å². The maximum atomic E-state index is 3.66. The van der Waals surface area contributed by atoms with Crippen LogP contribution in [0.5, 0.6) is 0 Å². The van der Waals surface area contributed by atoms with Crippen molar-refractivity contribution in [1.29, 1.82) is 0 Å². The summed E-state index contributed by atoms with van der Waals surface area (Å²) in [5.41, 5.74) is 0. The second kappa shape index (κ2) is 7.77. The number of nitrogens with one attached hydrogen (secondary N) is 1. The number of hydrogen-bond donors (Lipinski definition) is 1. The Morgan fingerprint density at radius 2 is 1.90 bits per heavy atom. The van der Waals surface area contributed by atoms with Crippen LogP contribution in [-0.4, -0.2) is 61.2 Å². The van der Waals surface area contributed by atoms with E-state index in [-0.39, 0.29) is 0 Å². The highest BCUT2D eigenvalue weighted by Crippen LogP contribution is 2.34. The van der Waals surface area contributed by atoms with Gasteiger partial charge in [0.2, 0.25) is 0 Å². The Morgan fingerprint density at radius 3 is 2.45 bits per heavy atom. The number of likely N-dealkylation sites (N-methyl/N-ethyl adjacent to an activating group) is 1. The average molecular weight is 281 g/mol. The minimum atomic E-state index is 0.771. The third-order valence-corrected chi connectivity index (χ3v) is 5.33. The Kier molecular flexibility index (Phi) is 6.31. The van der Waals surface area contributed by atoms with Crippen molar-refractivity contribution in [3.8, 4) is 0 Å². The fraction of sp³-hybridized carbons (Fsp3) is 1.00. The molecule has 1 N–H and O–H groups in total. The number of hydrogen-bond acceptors (Lipinski definition) is 3. The molecule has 3 atom stereocenters. The SMILES string of the molecule is CCN(CC)C1CCN(C2CCC2CNCC(C)C)C1. The van der Waals surface area contributed by atoms with Gasteiger partial charge in [0.25, 0.3) is 0 Å². The molecule has 3 nitrogen and oxygen atoms in total. The van der Waals surface area contributed by atoms with E-state index < -0.39 is 0 Å². The third-order valence-electron chi connectivity index (χ3n) is 5.33. The van der Waals surface area contributed by atoms with E-state index in [1.807, 2.05) is 0 Å². The summed E-state index contributed by atoms with van der Waals surface area (Å²) in [4.78, 5) is 5.43. The lowest BCUT2D eigenvalue weighted by Crippen LogP contribution is -2.51. The van der Waals surface area contributed by atoms with Crippen molar-refractivity contribution in [2.24, 2.45) is 11.8 Å². The van der Waals surface area contributed by atoms with Gasteiger partial charge in [-0.2, -0.15) is 0 Å². The third kappa shape index (κ3) is 3.96. The van der Waals surface area contributed by atoms with Gasteiger partial charge in [-0.3, -0.25) is 9.80 Å². The molecule has 0 aromatic rings. The monoisotopic (exact) mass is 281 g/mol.